The van der Waals surface area contributed by atoms with Gasteiger partial charge in [0, 0.05) is 32.0 Å². The smallest absolute Gasteiger partial charge is 0.340 e. The number of hydrogen-bond acceptors (Lipinski definition) is 6. The predicted octanol–water partition coefficient (Wildman–Crippen LogP) is 2.28. The molecule has 0 saturated carbocycles. The van der Waals surface area contributed by atoms with Gasteiger partial charge in [-0.25, -0.2) is 4.79 Å². The van der Waals surface area contributed by atoms with E-state index in [0.717, 1.165) is 0 Å². The second kappa shape index (κ2) is 10.8. The summed E-state index contributed by atoms with van der Waals surface area (Å²) in [6.45, 7) is 2.92. The number of methoxy groups -OCH3 is 1. The molecule has 2 rings (SSSR count). The van der Waals surface area contributed by atoms with Crippen molar-refractivity contribution in [3.63, 3.8) is 0 Å². The van der Waals surface area contributed by atoms with Crippen molar-refractivity contribution in [1.82, 2.24) is 10.3 Å². The van der Waals surface area contributed by atoms with Gasteiger partial charge in [-0.15, -0.1) is 0 Å². The summed E-state index contributed by atoms with van der Waals surface area (Å²) >= 11 is 0. The number of nitrogens with one attached hydrogen (secondary N) is 2. The second-order valence-corrected chi connectivity index (χ2v) is 5.75. The molecule has 0 saturated heterocycles. The van der Waals surface area contributed by atoms with Crippen LogP contribution in [0.1, 0.15) is 44.5 Å². The summed E-state index contributed by atoms with van der Waals surface area (Å²) in [6, 6.07) is 9.44. The number of hydrogen-bond donors (Lipinski definition) is 2. The number of benzene rings is 1. The van der Waals surface area contributed by atoms with Gasteiger partial charge in [0.05, 0.1) is 17.9 Å². The predicted molar refractivity (Wildman–Crippen MR) is 103 cm³/mol. The Kier molecular flexibility index (Phi) is 8.11. The third kappa shape index (κ3) is 5.88. The number of carbonyl (C=O) groups excluding carboxylic acids is 3. The zero-order chi connectivity index (χ0) is 20.4. The Balaban J connectivity index is 2.09. The third-order valence-electron chi connectivity index (χ3n) is 3.74. The molecule has 0 aliphatic heterocycles. The SMILES string of the molecule is CCOC(=O)c1ccccc1NC(=O)c1ccnc(C(=O)NCCCOC)c1. The van der Waals surface area contributed by atoms with Crippen LogP contribution in [0.4, 0.5) is 5.69 Å². The molecule has 0 aliphatic carbocycles. The van der Waals surface area contributed by atoms with Crippen molar-refractivity contribution in [3.05, 3.63) is 59.4 Å². The van der Waals surface area contributed by atoms with Crippen LogP contribution in [0.5, 0.6) is 0 Å². The van der Waals surface area contributed by atoms with E-state index in [1.54, 1.807) is 38.3 Å². The molecule has 2 amide bonds. The minimum absolute atomic E-state index is 0.128. The van der Waals surface area contributed by atoms with Gasteiger partial charge in [0.2, 0.25) is 0 Å². The average molecular weight is 385 g/mol. The summed E-state index contributed by atoms with van der Waals surface area (Å²) in [5.74, 6) is -1.37. The molecular formula is C20H23N3O5. The van der Waals surface area contributed by atoms with Gasteiger partial charge < -0.3 is 20.1 Å². The summed E-state index contributed by atoms with van der Waals surface area (Å²) in [4.78, 5) is 40.8. The maximum absolute atomic E-state index is 12.6. The highest BCUT2D eigenvalue weighted by Crippen LogP contribution is 2.17. The summed E-state index contributed by atoms with van der Waals surface area (Å²) < 4.78 is 9.92. The van der Waals surface area contributed by atoms with Crippen LogP contribution >= 0.6 is 0 Å². The summed E-state index contributed by atoms with van der Waals surface area (Å²) in [6.07, 6.45) is 2.06. The van der Waals surface area contributed by atoms with Crippen LogP contribution in [0, 0.1) is 0 Å². The van der Waals surface area contributed by atoms with Gasteiger partial charge in [-0.1, -0.05) is 12.1 Å². The Bertz CT molecular complexity index is 838. The van der Waals surface area contributed by atoms with E-state index < -0.39 is 11.9 Å². The lowest BCUT2D eigenvalue weighted by Crippen LogP contribution is -2.26. The lowest BCUT2D eigenvalue weighted by molar-refractivity contribution is 0.0527. The van der Waals surface area contributed by atoms with Gasteiger partial charge in [0.1, 0.15) is 5.69 Å². The summed E-state index contributed by atoms with van der Waals surface area (Å²) in [5, 5.41) is 5.39. The number of aromatic nitrogens is 1. The molecule has 1 heterocycles. The van der Waals surface area contributed by atoms with Gasteiger partial charge in [0.15, 0.2) is 0 Å². The van der Waals surface area contributed by atoms with Gasteiger partial charge in [-0.3, -0.25) is 14.6 Å². The Labute approximate surface area is 163 Å². The number of para-hydroxylation sites is 1. The van der Waals surface area contributed by atoms with Crippen molar-refractivity contribution in [3.8, 4) is 0 Å². The Morgan fingerprint density at radius 1 is 1.11 bits per heavy atom. The first-order chi connectivity index (χ1) is 13.6. The number of carbonyl (C=O) groups is 3. The standard InChI is InChI=1S/C20H23N3O5/c1-3-28-20(26)15-7-4-5-8-16(15)23-18(24)14-9-11-21-17(13-14)19(25)22-10-6-12-27-2/h4-5,7-9,11,13H,3,6,10,12H2,1-2H3,(H,22,25)(H,23,24). The van der Waals surface area contributed by atoms with Crippen LogP contribution in [0.15, 0.2) is 42.6 Å². The molecule has 0 radical (unpaired) electrons. The monoisotopic (exact) mass is 385 g/mol. The molecule has 1 aromatic carbocycles. The van der Waals surface area contributed by atoms with Gasteiger partial charge >= 0.3 is 5.97 Å². The molecule has 2 aromatic rings. The Hall–Kier alpha value is -3.26. The first-order valence-corrected chi connectivity index (χ1v) is 8.87. The molecule has 0 fully saturated rings. The van der Waals surface area contributed by atoms with Crippen molar-refractivity contribution < 1.29 is 23.9 Å². The fourth-order valence-corrected chi connectivity index (χ4v) is 2.38. The lowest BCUT2D eigenvalue weighted by atomic mass is 10.1. The Morgan fingerprint density at radius 3 is 2.64 bits per heavy atom. The maximum Gasteiger partial charge on any atom is 0.340 e. The fraction of sp³-hybridized carbons (Fsp3) is 0.300. The highest BCUT2D eigenvalue weighted by Gasteiger charge is 2.16. The van der Waals surface area contributed by atoms with Crippen LogP contribution in [-0.4, -0.2) is 49.6 Å². The third-order valence-corrected chi connectivity index (χ3v) is 3.74. The number of amides is 2. The van der Waals surface area contributed by atoms with Crippen molar-refractivity contribution in [2.24, 2.45) is 0 Å². The zero-order valence-electron chi connectivity index (χ0n) is 15.9. The minimum atomic E-state index is -0.524. The van der Waals surface area contributed by atoms with E-state index in [1.807, 2.05) is 0 Å². The van der Waals surface area contributed by atoms with E-state index in [-0.39, 0.29) is 29.3 Å². The van der Waals surface area contributed by atoms with Crippen LogP contribution in [0.3, 0.4) is 0 Å². The quantitative estimate of drug-likeness (QED) is 0.507. The lowest BCUT2D eigenvalue weighted by Gasteiger charge is -2.11. The van der Waals surface area contributed by atoms with Crippen LogP contribution in [-0.2, 0) is 9.47 Å². The number of nitrogens with zero attached hydrogens (tertiary/aromatic N) is 1. The van der Waals surface area contributed by atoms with E-state index in [4.69, 9.17) is 9.47 Å². The normalized spacial score (nSPS) is 10.2. The summed E-state index contributed by atoms with van der Waals surface area (Å²) in [5.41, 5.74) is 0.954. The molecule has 0 bridgehead atoms. The van der Waals surface area contributed by atoms with E-state index in [0.29, 0.717) is 25.3 Å². The van der Waals surface area contributed by atoms with Crippen LogP contribution in [0.2, 0.25) is 0 Å². The molecule has 0 spiro atoms. The van der Waals surface area contributed by atoms with E-state index in [9.17, 15) is 14.4 Å². The molecule has 148 valence electrons. The molecule has 28 heavy (non-hydrogen) atoms. The fourth-order valence-electron chi connectivity index (χ4n) is 2.38. The highest BCUT2D eigenvalue weighted by atomic mass is 16.5. The number of esters is 1. The van der Waals surface area contributed by atoms with Gasteiger partial charge in [-0.05, 0) is 37.6 Å². The molecule has 0 aliphatic rings. The molecule has 8 nitrogen and oxygen atoms in total. The molecule has 1 aromatic heterocycles. The number of anilines is 1. The van der Waals surface area contributed by atoms with Crippen molar-refractivity contribution in [2.45, 2.75) is 13.3 Å². The van der Waals surface area contributed by atoms with E-state index in [1.165, 1.54) is 18.3 Å². The minimum Gasteiger partial charge on any atom is -0.462 e. The zero-order valence-corrected chi connectivity index (χ0v) is 15.9. The number of pyridine rings is 1. The topological polar surface area (TPSA) is 107 Å². The molecular weight excluding hydrogens is 362 g/mol. The van der Waals surface area contributed by atoms with Crippen molar-refractivity contribution in [2.75, 3.05) is 32.2 Å². The number of rotatable bonds is 9. The Morgan fingerprint density at radius 2 is 1.89 bits per heavy atom. The first-order valence-electron chi connectivity index (χ1n) is 8.87. The first kappa shape index (κ1) is 21.0. The van der Waals surface area contributed by atoms with E-state index >= 15 is 0 Å². The molecule has 0 atom stereocenters. The summed E-state index contributed by atoms with van der Waals surface area (Å²) in [7, 11) is 1.59. The van der Waals surface area contributed by atoms with Gasteiger partial charge in [-0.2, -0.15) is 0 Å². The highest BCUT2D eigenvalue weighted by molar-refractivity contribution is 6.08. The van der Waals surface area contributed by atoms with Crippen LogP contribution in [0.25, 0.3) is 0 Å². The average Bonchev–Trinajstić information content (AvgIpc) is 2.71. The van der Waals surface area contributed by atoms with Crippen molar-refractivity contribution >= 4 is 23.5 Å². The van der Waals surface area contributed by atoms with Crippen LogP contribution < -0.4 is 10.6 Å². The van der Waals surface area contributed by atoms with Gasteiger partial charge in [0.25, 0.3) is 11.8 Å². The maximum atomic E-state index is 12.6. The van der Waals surface area contributed by atoms with Crippen molar-refractivity contribution in [1.29, 1.82) is 0 Å². The molecule has 0 unspecified atom stereocenters. The molecule has 2 N–H and O–H groups in total. The number of ether oxygens (including phenoxy) is 2. The molecule has 8 heteroatoms. The van der Waals surface area contributed by atoms with E-state index in [2.05, 4.69) is 15.6 Å². The largest absolute Gasteiger partial charge is 0.462 e. The second-order valence-electron chi connectivity index (χ2n) is 5.75.